The lowest BCUT2D eigenvalue weighted by molar-refractivity contribution is -0.121. The summed E-state index contributed by atoms with van der Waals surface area (Å²) < 4.78 is 5.37. The normalized spacial score (nSPS) is 14.8. The number of carbonyl (C=O) groups is 2. The number of amides is 2. The minimum atomic E-state index is -0.270. The van der Waals surface area contributed by atoms with Gasteiger partial charge in [0.25, 0.3) is 5.91 Å². The van der Waals surface area contributed by atoms with E-state index in [2.05, 4.69) is 36.6 Å². The molecule has 23 heavy (non-hydrogen) atoms. The molecule has 0 radical (unpaired) electrons. The van der Waals surface area contributed by atoms with Crippen LogP contribution in [0.1, 0.15) is 44.7 Å². The van der Waals surface area contributed by atoms with E-state index < -0.39 is 0 Å². The highest BCUT2D eigenvalue weighted by Crippen LogP contribution is 2.27. The molecule has 6 nitrogen and oxygen atoms in total. The molecule has 0 atom stereocenters. The summed E-state index contributed by atoms with van der Waals surface area (Å²) in [7, 11) is 1.61. The molecule has 1 aromatic carbocycles. The molecule has 0 aromatic heterocycles. The molecule has 1 aliphatic rings. The van der Waals surface area contributed by atoms with E-state index in [-0.39, 0.29) is 23.7 Å². The lowest BCUT2D eigenvalue weighted by atomic mass is 9.86. The van der Waals surface area contributed by atoms with E-state index in [0.717, 1.165) is 11.3 Å². The molecule has 0 saturated heterocycles. The highest BCUT2D eigenvalue weighted by molar-refractivity contribution is 6.39. The molecule has 0 aliphatic carbocycles. The average molecular weight is 317 g/mol. The van der Waals surface area contributed by atoms with Gasteiger partial charge < -0.3 is 10.1 Å². The highest BCUT2D eigenvalue weighted by Gasteiger charge is 2.19. The standard InChI is InChI=1S/C17H23N3O3/c1-17(2,3)12-5-7-14(23-4)11(9-12)10-18-16(22)13-6-8-15(21)20-19-13/h5,7,9H,6,8,10H2,1-4H3,(H,18,22)(H,20,21). The van der Waals surface area contributed by atoms with Gasteiger partial charge in [-0.25, -0.2) is 5.43 Å². The van der Waals surface area contributed by atoms with Crippen LogP contribution in [0, 0.1) is 0 Å². The quantitative estimate of drug-likeness (QED) is 0.890. The van der Waals surface area contributed by atoms with Crippen molar-refractivity contribution in [3.8, 4) is 5.75 Å². The number of nitrogens with one attached hydrogen (secondary N) is 2. The minimum absolute atomic E-state index is 0.0166. The van der Waals surface area contributed by atoms with Crippen LogP contribution >= 0.6 is 0 Å². The van der Waals surface area contributed by atoms with Gasteiger partial charge in [0.1, 0.15) is 11.5 Å². The lowest BCUT2D eigenvalue weighted by Gasteiger charge is -2.21. The van der Waals surface area contributed by atoms with Crippen LogP contribution in [-0.2, 0) is 21.5 Å². The van der Waals surface area contributed by atoms with Gasteiger partial charge in [0.2, 0.25) is 5.91 Å². The number of rotatable bonds is 4. The summed E-state index contributed by atoms with van der Waals surface area (Å²) in [5.74, 6) is 0.298. The second kappa shape index (κ2) is 6.81. The van der Waals surface area contributed by atoms with Crippen LogP contribution in [-0.4, -0.2) is 24.6 Å². The summed E-state index contributed by atoms with van der Waals surface area (Å²) in [6, 6.07) is 5.99. The van der Waals surface area contributed by atoms with E-state index in [9.17, 15) is 9.59 Å². The van der Waals surface area contributed by atoms with Crippen LogP contribution < -0.4 is 15.5 Å². The Morgan fingerprint density at radius 3 is 2.65 bits per heavy atom. The minimum Gasteiger partial charge on any atom is -0.496 e. The molecule has 1 aromatic rings. The molecule has 2 rings (SSSR count). The lowest BCUT2D eigenvalue weighted by Crippen LogP contribution is -2.36. The van der Waals surface area contributed by atoms with Crippen molar-refractivity contribution in [2.45, 2.75) is 45.6 Å². The number of hydrazone groups is 1. The molecule has 1 aliphatic heterocycles. The molecule has 0 saturated carbocycles. The summed E-state index contributed by atoms with van der Waals surface area (Å²) in [6.45, 7) is 6.75. The van der Waals surface area contributed by atoms with Crippen LogP contribution in [0.15, 0.2) is 23.3 Å². The molecular weight excluding hydrogens is 294 g/mol. The van der Waals surface area contributed by atoms with Crippen molar-refractivity contribution in [3.63, 3.8) is 0 Å². The summed E-state index contributed by atoms with van der Waals surface area (Å²) in [5.41, 5.74) is 4.77. The molecule has 2 amide bonds. The maximum atomic E-state index is 12.1. The van der Waals surface area contributed by atoms with E-state index in [4.69, 9.17) is 4.74 Å². The molecule has 0 unspecified atom stereocenters. The van der Waals surface area contributed by atoms with Crippen molar-refractivity contribution < 1.29 is 14.3 Å². The third kappa shape index (κ3) is 4.31. The summed E-state index contributed by atoms with van der Waals surface area (Å²) in [5, 5.41) is 6.63. The average Bonchev–Trinajstić information content (AvgIpc) is 2.52. The molecule has 1 heterocycles. The van der Waals surface area contributed by atoms with Crippen LogP contribution in [0.4, 0.5) is 0 Å². The van der Waals surface area contributed by atoms with Gasteiger partial charge in [-0.2, -0.15) is 5.10 Å². The fourth-order valence-electron chi connectivity index (χ4n) is 2.30. The number of hydrogen-bond donors (Lipinski definition) is 2. The molecule has 0 fully saturated rings. The summed E-state index contributed by atoms with van der Waals surface area (Å²) in [6.07, 6.45) is 0.645. The third-order valence-electron chi connectivity index (χ3n) is 3.75. The predicted molar refractivity (Wildman–Crippen MR) is 88.4 cm³/mol. The number of nitrogens with zero attached hydrogens (tertiary/aromatic N) is 1. The fourth-order valence-corrected chi connectivity index (χ4v) is 2.30. The second-order valence-corrected chi connectivity index (χ2v) is 6.55. The van der Waals surface area contributed by atoms with E-state index in [1.54, 1.807) is 7.11 Å². The largest absolute Gasteiger partial charge is 0.496 e. The Balaban J connectivity index is 2.10. The third-order valence-corrected chi connectivity index (χ3v) is 3.75. The van der Waals surface area contributed by atoms with Crippen LogP contribution in [0.25, 0.3) is 0 Å². The van der Waals surface area contributed by atoms with Crippen molar-refractivity contribution >= 4 is 17.5 Å². The van der Waals surface area contributed by atoms with Gasteiger partial charge in [-0.3, -0.25) is 9.59 Å². The first kappa shape index (κ1) is 17.0. The van der Waals surface area contributed by atoms with Gasteiger partial charge in [0, 0.05) is 24.9 Å². The van der Waals surface area contributed by atoms with Gasteiger partial charge in [-0.15, -0.1) is 0 Å². The van der Waals surface area contributed by atoms with E-state index in [0.29, 0.717) is 18.7 Å². The van der Waals surface area contributed by atoms with Gasteiger partial charge in [0.05, 0.1) is 7.11 Å². The van der Waals surface area contributed by atoms with E-state index >= 15 is 0 Å². The van der Waals surface area contributed by atoms with Crippen LogP contribution in [0.2, 0.25) is 0 Å². The van der Waals surface area contributed by atoms with Crippen molar-refractivity contribution in [3.05, 3.63) is 29.3 Å². The molecular formula is C17H23N3O3. The number of methoxy groups -OCH3 is 1. The number of hydrogen-bond acceptors (Lipinski definition) is 4. The van der Waals surface area contributed by atoms with Gasteiger partial charge >= 0.3 is 0 Å². The fraction of sp³-hybridized carbons (Fsp3) is 0.471. The highest BCUT2D eigenvalue weighted by atomic mass is 16.5. The smallest absolute Gasteiger partial charge is 0.267 e. The van der Waals surface area contributed by atoms with E-state index in [1.165, 1.54) is 5.56 Å². The van der Waals surface area contributed by atoms with E-state index in [1.807, 2.05) is 18.2 Å². The molecule has 6 heteroatoms. The zero-order chi connectivity index (χ0) is 17.0. The first-order valence-electron chi connectivity index (χ1n) is 7.62. The predicted octanol–water partition coefficient (Wildman–Crippen LogP) is 1.87. The van der Waals surface area contributed by atoms with Crippen molar-refractivity contribution in [1.82, 2.24) is 10.7 Å². The Morgan fingerprint density at radius 2 is 2.09 bits per heavy atom. The SMILES string of the molecule is COc1ccc(C(C)(C)C)cc1CNC(=O)C1=NNC(=O)CC1. The Morgan fingerprint density at radius 1 is 1.35 bits per heavy atom. The van der Waals surface area contributed by atoms with Crippen molar-refractivity contribution in [2.75, 3.05) is 7.11 Å². The van der Waals surface area contributed by atoms with Gasteiger partial charge in [0.15, 0.2) is 0 Å². The zero-order valence-electron chi connectivity index (χ0n) is 14.0. The number of ether oxygens (including phenoxy) is 1. The maximum Gasteiger partial charge on any atom is 0.267 e. The van der Waals surface area contributed by atoms with Gasteiger partial charge in [-0.05, 0) is 23.1 Å². The van der Waals surface area contributed by atoms with Crippen molar-refractivity contribution in [2.24, 2.45) is 5.10 Å². The van der Waals surface area contributed by atoms with Crippen molar-refractivity contribution in [1.29, 1.82) is 0 Å². The second-order valence-electron chi connectivity index (χ2n) is 6.55. The molecule has 2 N–H and O–H groups in total. The Kier molecular flexibility index (Phi) is 5.03. The summed E-state index contributed by atoms with van der Waals surface area (Å²) in [4.78, 5) is 23.2. The maximum absolute atomic E-state index is 12.1. The topological polar surface area (TPSA) is 79.8 Å². The van der Waals surface area contributed by atoms with Gasteiger partial charge in [-0.1, -0.05) is 26.8 Å². The first-order valence-corrected chi connectivity index (χ1v) is 7.62. The Hall–Kier alpha value is -2.37. The van der Waals surface area contributed by atoms with Crippen LogP contribution in [0.3, 0.4) is 0 Å². The molecule has 0 spiro atoms. The number of benzene rings is 1. The van der Waals surface area contributed by atoms with Crippen LogP contribution in [0.5, 0.6) is 5.75 Å². The number of carbonyl (C=O) groups excluding carboxylic acids is 2. The Bertz CT molecular complexity index is 645. The molecule has 124 valence electrons. The Labute approximate surface area is 136 Å². The summed E-state index contributed by atoms with van der Waals surface area (Å²) >= 11 is 0. The zero-order valence-corrected chi connectivity index (χ0v) is 14.0. The monoisotopic (exact) mass is 317 g/mol. The molecule has 0 bridgehead atoms. The first-order chi connectivity index (χ1) is 10.8.